The number of aliphatic hydroxyl groups excluding tert-OH is 1. The molecule has 0 amide bonds. The van der Waals surface area contributed by atoms with Gasteiger partial charge in [-0.2, -0.15) is 0 Å². The van der Waals surface area contributed by atoms with Crippen LogP contribution in [0.15, 0.2) is 23.3 Å². The van der Waals surface area contributed by atoms with Gasteiger partial charge in [-0.05, 0) is 46.1 Å². The second-order valence-electron chi connectivity index (χ2n) is 5.92. The van der Waals surface area contributed by atoms with Gasteiger partial charge >= 0.3 is 5.97 Å². The van der Waals surface area contributed by atoms with Gasteiger partial charge in [-0.1, -0.05) is 17.2 Å². The van der Waals surface area contributed by atoms with Crippen molar-refractivity contribution in [1.82, 2.24) is 0 Å². The average Bonchev–Trinajstić information content (AvgIpc) is 2.48. The van der Waals surface area contributed by atoms with Crippen LogP contribution in [0.25, 0.3) is 0 Å². The van der Waals surface area contributed by atoms with Gasteiger partial charge < -0.3 is 14.9 Å². The molecule has 4 heteroatoms. The highest BCUT2D eigenvalue weighted by Crippen LogP contribution is 2.38. The van der Waals surface area contributed by atoms with Crippen molar-refractivity contribution in [1.29, 1.82) is 0 Å². The molecule has 4 unspecified atom stereocenters. The minimum absolute atomic E-state index is 0.459. The molecule has 2 rings (SSSR count). The fourth-order valence-electron chi connectivity index (χ4n) is 2.95. The van der Waals surface area contributed by atoms with Crippen molar-refractivity contribution in [3.63, 3.8) is 0 Å². The number of ether oxygens (including phenoxy) is 1. The second-order valence-corrected chi connectivity index (χ2v) is 5.92. The molecule has 0 radical (unpaired) electrons. The fraction of sp³-hybridized carbons (Fsp3) is 0.667. The highest BCUT2D eigenvalue weighted by molar-refractivity contribution is 5.82. The zero-order valence-electron chi connectivity index (χ0n) is 11.7. The van der Waals surface area contributed by atoms with Crippen LogP contribution in [0.5, 0.6) is 0 Å². The van der Waals surface area contributed by atoms with Crippen LogP contribution in [0.3, 0.4) is 0 Å². The Morgan fingerprint density at radius 3 is 2.74 bits per heavy atom. The van der Waals surface area contributed by atoms with Crippen LogP contribution in [0.1, 0.15) is 40.0 Å². The van der Waals surface area contributed by atoms with Crippen LogP contribution in [0.2, 0.25) is 0 Å². The normalized spacial score (nSPS) is 40.1. The Labute approximate surface area is 113 Å². The largest absolute Gasteiger partial charge is 0.455 e. The molecule has 106 valence electrons. The molecule has 4 nitrogen and oxygen atoms in total. The summed E-state index contributed by atoms with van der Waals surface area (Å²) >= 11 is 0. The average molecular weight is 266 g/mol. The number of fused-ring (bicyclic) bond motifs is 1. The molecule has 2 N–H and O–H groups in total. The standard InChI is InChI=1S/C15H22O4/c1-9-5-4-6-10(2)8-12-13(11(16)7-9)15(3,18)14(17)19-12/h5,8,11-13,16,18H,4,6-7H2,1-3H3. The van der Waals surface area contributed by atoms with E-state index in [4.69, 9.17) is 4.74 Å². The number of hydrogen-bond acceptors (Lipinski definition) is 4. The number of esters is 1. The van der Waals surface area contributed by atoms with E-state index < -0.39 is 29.7 Å². The van der Waals surface area contributed by atoms with Crippen LogP contribution in [-0.4, -0.2) is 34.0 Å². The Morgan fingerprint density at radius 1 is 1.37 bits per heavy atom. The summed E-state index contributed by atoms with van der Waals surface area (Å²) in [4.78, 5) is 11.8. The number of carbonyl (C=O) groups excluding carboxylic acids is 1. The van der Waals surface area contributed by atoms with E-state index in [-0.39, 0.29) is 0 Å². The number of rotatable bonds is 0. The fourth-order valence-corrected chi connectivity index (χ4v) is 2.95. The van der Waals surface area contributed by atoms with Gasteiger partial charge in [0.2, 0.25) is 0 Å². The Balaban J connectivity index is 2.38. The molecule has 0 spiro atoms. The summed E-state index contributed by atoms with van der Waals surface area (Å²) in [5, 5.41) is 20.6. The Kier molecular flexibility index (Phi) is 3.83. The van der Waals surface area contributed by atoms with E-state index in [2.05, 4.69) is 6.08 Å². The van der Waals surface area contributed by atoms with E-state index >= 15 is 0 Å². The van der Waals surface area contributed by atoms with E-state index in [1.54, 1.807) is 0 Å². The minimum Gasteiger partial charge on any atom is -0.455 e. The van der Waals surface area contributed by atoms with E-state index in [1.807, 2.05) is 19.9 Å². The maximum absolute atomic E-state index is 11.8. The van der Waals surface area contributed by atoms with Crippen molar-refractivity contribution < 1.29 is 19.7 Å². The summed E-state index contributed by atoms with van der Waals surface area (Å²) in [5.74, 6) is -1.26. The monoisotopic (exact) mass is 266 g/mol. The van der Waals surface area contributed by atoms with E-state index in [9.17, 15) is 15.0 Å². The van der Waals surface area contributed by atoms with Crippen LogP contribution in [0.4, 0.5) is 0 Å². The number of carbonyl (C=O) groups is 1. The van der Waals surface area contributed by atoms with E-state index in [1.165, 1.54) is 6.92 Å². The predicted octanol–water partition coefficient (Wildman–Crippen LogP) is 1.72. The zero-order valence-corrected chi connectivity index (χ0v) is 11.7. The lowest BCUT2D eigenvalue weighted by Crippen LogP contribution is -2.45. The molecule has 0 aromatic carbocycles. The van der Waals surface area contributed by atoms with Crippen LogP contribution in [-0.2, 0) is 9.53 Å². The summed E-state index contributed by atoms with van der Waals surface area (Å²) in [6.45, 7) is 5.37. The molecule has 19 heavy (non-hydrogen) atoms. The second kappa shape index (κ2) is 5.10. The van der Waals surface area contributed by atoms with Crippen molar-refractivity contribution >= 4 is 5.97 Å². The SMILES string of the molecule is CC1=CC2OC(=O)C(C)(O)C2C(O)CC(C)=CCC1. The Morgan fingerprint density at radius 2 is 2.05 bits per heavy atom. The third-order valence-electron chi connectivity index (χ3n) is 4.09. The molecule has 0 bridgehead atoms. The first-order valence-electron chi connectivity index (χ1n) is 6.77. The molecule has 0 saturated carbocycles. The molecule has 1 saturated heterocycles. The number of allylic oxidation sites excluding steroid dienone is 2. The Bertz CT molecular complexity index is 433. The third kappa shape index (κ3) is 2.74. The molecule has 1 aliphatic heterocycles. The zero-order chi connectivity index (χ0) is 14.2. The topological polar surface area (TPSA) is 66.8 Å². The Hall–Kier alpha value is -1.13. The van der Waals surface area contributed by atoms with Gasteiger partial charge in [-0.25, -0.2) is 4.79 Å². The lowest BCUT2D eigenvalue weighted by atomic mass is 9.79. The van der Waals surface area contributed by atoms with Gasteiger partial charge in [-0.15, -0.1) is 0 Å². The van der Waals surface area contributed by atoms with Crippen molar-refractivity contribution in [2.75, 3.05) is 0 Å². The molecular weight excluding hydrogens is 244 g/mol. The number of aliphatic hydroxyl groups is 2. The number of hydrogen-bond donors (Lipinski definition) is 2. The summed E-state index contributed by atoms with van der Waals surface area (Å²) in [6.07, 6.45) is 4.92. The maximum atomic E-state index is 11.8. The molecular formula is C15H22O4. The molecule has 1 fully saturated rings. The molecule has 0 aromatic rings. The van der Waals surface area contributed by atoms with Crippen LogP contribution in [0, 0.1) is 5.92 Å². The summed E-state index contributed by atoms with van der Waals surface area (Å²) in [5.41, 5.74) is 0.565. The van der Waals surface area contributed by atoms with Crippen LogP contribution < -0.4 is 0 Å². The molecule has 1 aliphatic carbocycles. The van der Waals surface area contributed by atoms with Gasteiger partial charge in [0.1, 0.15) is 6.10 Å². The lowest BCUT2D eigenvalue weighted by molar-refractivity contribution is -0.154. The molecule has 2 aliphatic rings. The van der Waals surface area contributed by atoms with E-state index in [0.717, 1.165) is 24.0 Å². The molecule has 0 aromatic heterocycles. The summed E-state index contributed by atoms with van der Waals surface area (Å²) in [7, 11) is 0. The predicted molar refractivity (Wildman–Crippen MR) is 71.4 cm³/mol. The maximum Gasteiger partial charge on any atom is 0.338 e. The highest BCUT2D eigenvalue weighted by atomic mass is 16.6. The summed E-state index contributed by atoms with van der Waals surface area (Å²) in [6, 6.07) is 0. The summed E-state index contributed by atoms with van der Waals surface area (Å²) < 4.78 is 5.24. The van der Waals surface area contributed by atoms with Crippen molar-refractivity contribution in [2.24, 2.45) is 5.92 Å². The van der Waals surface area contributed by atoms with Gasteiger partial charge in [0.05, 0.1) is 12.0 Å². The van der Waals surface area contributed by atoms with Gasteiger partial charge in [0.25, 0.3) is 0 Å². The van der Waals surface area contributed by atoms with Crippen molar-refractivity contribution in [3.8, 4) is 0 Å². The molecule has 1 heterocycles. The van der Waals surface area contributed by atoms with Crippen molar-refractivity contribution in [3.05, 3.63) is 23.3 Å². The van der Waals surface area contributed by atoms with Gasteiger partial charge in [0.15, 0.2) is 5.60 Å². The van der Waals surface area contributed by atoms with Crippen LogP contribution >= 0.6 is 0 Å². The molecule has 4 atom stereocenters. The first-order chi connectivity index (χ1) is 8.82. The first-order valence-corrected chi connectivity index (χ1v) is 6.77. The third-order valence-corrected chi connectivity index (χ3v) is 4.09. The smallest absolute Gasteiger partial charge is 0.338 e. The quantitative estimate of drug-likeness (QED) is 0.517. The van der Waals surface area contributed by atoms with E-state index in [0.29, 0.717) is 6.42 Å². The van der Waals surface area contributed by atoms with Gasteiger partial charge in [0, 0.05) is 0 Å². The lowest BCUT2D eigenvalue weighted by Gasteiger charge is -2.29. The minimum atomic E-state index is -1.62. The van der Waals surface area contributed by atoms with Gasteiger partial charge in [-0.3, -0.25) is 0 Å². The first kappa shape index (κ1) is 14.3. The highest BCUT2D eigenvalue weighted by Gasteiger charge is 2.55. The van der Waals surface area contributed by atoms with Crippen molar-refractivity contribution in [2.45, 2.75) is 57.8 Å².